The molecule has 0 saturated heterocycles. The minimum atomic E-state index is -0.260. The number of benzene rings is 1. The number of hydrogen-bond acceptors (Lipinski definition) is 4. The van der Waals surface area contributed by atoms with Crippen molar-refractivity contribution in [2.24, 2.45) is 0 Å². The summed E-state index contributed by atoms with van der Waals surface area (Å²) in [5.41, 5.74) is 5.02. The van der Waals surface area contributed by atoms with E-state index < -0.39 is 0 Å². The van der Waals surface area contributed by atoms with E-state index in [-0.39, 0.29) is 10.6 Å². The molecule has 0 radical (unpaired) electrons. The highest BCUT2D eigenvalue weighted by atomic mass is 32.1. The monoisotopic (exact) mass is 312 g/mol. The largest absolute Gasteiger partial charge is 0.311 e. The quantitative estimate of drug-likeness (QED) is 0.598. The first-order valence-corrected chi connectivity index (χ1v) is 7.95. The lowest BCUT2D eigenvalue weighted by molar-refractivity contribution is -0.427. The maximum absolute atomic E-state index is 11.5. The Morgan fingerprint density at radius 1 is 1.14 bits per heavy atom. The van der Waals surface area contributed by atoms with E-state index >= 15 is 0 Å². The summed E-state index contributed by atoms with van der Waals surface area (Å²) < 4.78 is 0. The van der Waals surface area contributed by atoms with E-state index in [0.29, 0.717) is 12.1 Å². The average molecular weight is 312 g/mol. The first-order chi connectivity index (χ1) is 10.6. The summed E-state index contributed by atoms with van der Waals surface area (Å²) in [6.07, 6.45) is 0.356. The summed E-state index contributed by atoms with van der Waals surface area (Å²) in [6.45, 7) is 3.85. The van der Waals surface area contributed by atoms with Crippen molar-refractivity contribution in [2.75, 3.05) is 4.90 Å². The number of allylic oxidation sites excluding steroid dienone is 3. The molecule has 0 spiro atoms. The highest BCUT2D eigenvalue weighted by molar-refractivity contribution is 7.08. The topological polar surface area (TPSA) is 46.4 Å². The van der Waals surface area contributed by atoms with Gasteiger partial charge in [0, 0.05) is 11.1 Å². The molecule has 1 aromatic carbocycles. The number of nitrogens with zero attached hydrogens (tertiary/aromatic N) is 2. The van der Waals surface area contributed by atoms with Crippen molar-refractivity contribution in [3.05, 3.63) is 79.9 Å². The lowest BCUT2D eigenvalue weighted by Crippen LogP contribution is -2.26. The molecule has 2 aromatic rings. The van der Waals surface area contributed by atoms with Crippen molar-refractivity contribution < 1.29 is 4.92 Å². The average Bonchev–Trinajstić information content (AvgIpc) is 3.02. The van der Waals surface area contributed by atoms with Crippen molar-refractivity contribution in [1.82, 2.24) is 0 Å². The maximum atomic E-state index is 11.5. The minimum absolute atomic E-state index is 0.260. The molecular weight excluding hydrogens is 296 g/mol. The smallest absolute Gasteiger partial charge is 0.269 e. The maximum Gasteiger partial charge on any atom is 0.269 e. The third-order valence-electron chi connectivity index (χ3n) is 3.98. The van der Waals surface area contributed by atoms with Crippen LogP contribution < -0.4 is 4.90 Å². The van der Waals surface area contributed by atoms with Gasteiger partial charge in [-0.3, -0.25) is 10.1 Å². The van der Waals surface area contributed by atoms with Crippen molar-refractivity contribution in [2.45, 2.75) is 20.3 Å². The number of nitro groups is 1. The Kier molecular flexibility index (Phi) is 3.81. The Morgan fingerprint density at radius 3 is 2.45 bits per heavy atom. The summed E-state index contributed by atoms with van der Waals surface area (Å²) in [6, 6.07) is 11.9. The van der Waals surface area contributed by atoms with Gasteiger partial charge in [-0.05, 0) is 36.4 Å². The fraction of sp³-hybridized carbons (Fsp3) is 0.176. The predicted molar refractivity (Wildman–Crippen MR) is 90.1 cm³/mol. The van der Waals surface area contributed by atoms with Gasteiger partial charge in [0.15, 0.2) is 0 Å². The molecule has 5 heteroatoms. The van der Waals surface area contributed by atoms with Crippen LogP contribution in [0.1, 0.15) is 25.8 Å². The van der Waals surface area contributed by atoms with Crippen LogP contribution in [0, 0.1) is 10.1 Å². The van der Waals surface area contributed by atoms with Crippen LogP contribution >= 0.6 is 11.3 Å². The van der Waals surface area contributed by atoms with E-state index in [9.17, 15) is 10.1 Å². The van der Waals surface area contributed by atoms with E-state index in [1.165, 1.54) is 0 Å². The van der Waals surface area contributed by atoms with Gasteiger partial charge in [-0.1, -0.05) is 30.3 Å². The molecule has 1 aromatic heterocycles. The molecule has 0 aliphatic carbocycles. The van der Waals surface area contributed by atoms with Crippen LogP contribution in [-0.4, -0.2) is 4.92 Å². The molecule has 0 atom stereocenters. The normalized spacial score (nSPS) is 15.5. The predicted octanol–water partition coefficient (Wildman–Crippen LogP) is 4.90. The molecule has 1 aliphatic rings. The summed E-state index contributed by atoms with van der Waals surface area (Å²) in [7, 11) is 0. The zero-order valence-corrected chi connectivity index (χ0v) is 13.3. The summed E-state index contributed by atoms with van der Waals surface area (Å²) in [4.78, 5) is 13.2. The molecule has 112 valence electrons. The molecule has 2 heterocycles. The molecule has 22 heavy (non-hydrogen) atoms. The highest BCUT2D eigenvalue weighted by Gasteiger charge is 2.31. The molecule has 0 bridgehead atoms. The molecule has 0 fully saturated rings. The Bertz CT molecular complexity index is 761. The molecule has 3 rings (SSSR count). The Morgan fingerprint density at radius 2 is 1.86 bits per heavy atom. The van der Waals surface area contributed by atoms with Crippen molar-refractivity contribution in [3.63, 3.8) is 0 Å². The fourth-order valence-electron chi connectivity index (χ4n) is 2.86. The second kappa shape index (κ2) is 5.77. The van der Waals surface area contributed by atoms with Crippen LogP contribution in [0.2, 0.25) is 0 Å². The second-order valence-electron chi connectivity index (χ2n) is 5.21. The summed E-state index contributed by atoms with van der Waals surface area (Å²) >= 11 is 1.59. The second-order valence-corrected chi connectivity index (χ2v) is 5.99. The van der Waals surface area contributed by atoms with Crippen LogP contribution in [0.5, 0.6) is 0 Å². The third kappa shape index (κ3) is 2.44. The number of hydrogen-bond donors (Lipinski definition) is 0. The molecule has 0 unspecified atom stereocenters. The third-order valence-corrected chi connectivity index (χ3v) is 4.65. The van der Waals surface area contributed by atoms with Crippen molar-refractivity contribution in [1.29, 1.82) is 0 Å². The van der Waals surface area contributed by atoms with Crippen molar-refractivity contribution in [3.8, 4) is 0 Å². The Labute approximate surface area is 133 Å². The van der Waals surface area contributed by atoms with Gasteiger partial charge < -0.3 is 4.90 Å². The molecule has 0 saturated carbocycles. The molecule has 4 nitrogen and oxygen atoms in total. The minimum Gasteiger partial charge on any atom is -0.311 e. The fourth-order valence-corrected chi connectivity index (χ4v) is 3.48. The van der Waals surface area contributed by atoms with E-state index in [2.05, 4.69) is 0 Å². The lowest BCUT2D eigenvalue weighted by atomic mass is 9.94. The zero-order valence-electron chi connectivity index (χ0n) is 12.4. The first kappa shape index (κ1) is 14.5. The van der Waals surface area contributed by atoms with Crippen LogP contribution in [0.15, 0.2) is 64.2 Å². The van der Waals surface area contributed by atoms with E-state index in [0.717, 1.165) is 22.5 Å². The standard InChI is InChI=1S/C17H16N2O2S/c1-12-16(14-6-4-3-5-7-14)10-17(19(20)21)13(2)18(12)15-8-9-22-11-15/h3-9,11H,10H2,1-2H3. The highest BCUT2D eigenvalue weighted by Crippen LogP contribution is 2.39. The van der Waals surface area contributed by atoms with Crippen LogP contribution in [0.25, 0.3) is 5.57 Å². The number of anilines is 1. The van der Waals surface area contributed by atoms with Gasteiger partial charge in [-0.25, -0.2) is 0 Å². The summed E-state index contributed by atoms with van der Waals surface area (Å²) in [5, 5.41) is 15.5. The van der Waals surface area contributed by atoms with Crippen LogP contribution in [0.3, 0.4) is 0 Å². The van der Waals surface area contributed by atoms with Crippen LogP contribution in [0.4, 0.5) is 5.69 Å². The Balaban J connectivity index is 2.17. The Hall–Kier alpha value is -2.40. The molecule has 1 aliphatic heterocycles. The summed E-state index contributed by atoms with van der Waals surface area (Å²) in [5.74, 6) is 0. The lowest BCUT2D eigenvalue weighted by Gasteiger charge is -2.31. The van der Waals surface area contributed by atoms with Crippen LogP contribution in [-0.2, 0) is 0 Å². The van der Waals surface area contributed by atoms with Gasteiger partial charge in [-0.2, -0.15) is 11.3 Å². The molecular formula is C17H16N2O2S. The van der Waals surface area contributed by atoms with Gasteiger partial charge in [0.05, 0.1) is 22.7 Å². The SMILES string of the molecule is CC1=C(c2ccccc2)CC([N+](=O)[O-])=C(C)N1c1ccsc1. The molecule has 0 N–H and O–H groups in total. The number of thiophene rings is 1. The first-order valence-electron chi connectivity index (χ1n) is 7.01. The van der Waals surface area contributed by atoms with Gasteiger partial charge in [0.1, 0.15) is 0 Å². The zero-order chi connectivity index (χ0) is 15.7. The van der Waals surface area contributed by atoms with Gasteiger partial charge in [-0.15, -0.1) is 0 Å². The van der Waals surface area contributed by atoms with Gasteiger partial charge in [0.2, 0.25) is 0 Å². The van der Waals surface area contributed by atoms with E-state index in [4.69, 9.17) is 0 Å². The van der Waals surface area contributed by atoms with Gasteiger partial charge >= 0.3 is 0 Å². The van der Waals surface area contributed by atoms with E-state index in [1.807, 2.05) is 65.9 Å². The number of rotatable bonds is 3. The van der Waals surface area contributed by atoms with E-state index in [1.54, 1.807) is 11.3 Å². The van der Waals surface area contributed by atoms with Gasteiger partial charge in [0.25, 0.3) is 5.70 Å². The van der Waals surface area contributed by atoms with Crippen molar-refractivity contribution >= 4 is 22.6 Å². The molecule has 0 amide bonds.